The number of benzene rings is 1. The van der Waals surface area contributed by atoms with Gasteiger partial charge < -0.3 is 14.4 Å². The van der Waals surface area contributed by atoms with Gasteiger partial charge >= 0.3 is 0 Å². The third-order valence-corrected chi connectivity index (χ3v) is 4.51. The first-order chi connectivity index (χ1) is 12.0. The molecular formula is C18H22FN3O3. The molecule has 134 valence electrons. The molecule has 0 aliphatic carbocycles. The van der Waals surface area contributed by atoms with Gasteiger partial charge in [0.15, 0.2) is 0 Å². The zero-order valence-electron chi connectivity index (χ0n) is 14.4. The van der Waals surface area contributed by atoms with Gasteiger partial charge in [0.1, 0.15) is 23.8 Å². The smallest absolute Gasteiger partial charge is 0.257 e. The summed E-state index contributed by atoms with van der Waals surface area (Å²) >= 11 is 0. The summed E-state index contributed by atoms with van der Waals surface area (Å²) < 4.78 is 26.4. The molecule has 0 saturated carbocycles. The average molecular weight is 347 g/mol. The fourth-order valence-electron chi connectivity index (χ4n) is 3.10. The van der Waals surface area contributed by atoms with Crippen molar-refractivity contribution < 1.29 is 18.7 Å². The Labute approximate surface area is 146 Å². The Morgan fingerprint density at radius 1 is 1.44 bits per heavy atom. The number of likely N-dealkylation sites (tertiary alicyclic amines) is 1. The molecule has 1 atom stereocenters. The SMILES string of the molecule is COC1(COc2cccc(F)c2)CCCN(C(=O)c2cnn(C)c2)C1. The molecule has 2 aromatic rings. The second kappa shape index (κ2) is 7.23. The van der Waals surface area contributed by atoms with Crippen LogP contribution in [-0.2, 0) is 11.8 Å². The number of hydrogen-bond acceptors (Lipinski definition) is 4. The van der Waals surface area contributed by atoms with Crippen LogP contribution in [0, 0.1) is 5.82 Å². The molecule has 7 heteroatoms. The van der Waals surface area contributed by atoms with E-state index in [4.69, 9.17) is 9.47 Å². The maximum atomic E-state index is 13.3. The Morgan fingerprint density at radius 2 is 2.28 bits per heavy atom. The van der Waals surface area contributed by atoms with Gasteiger partial charge in [0.2, 0.25) is 0 Å². The maximum absolute atomic E-state index is 13.3. The van der Waals surface area contributed by atoms with Crippen molar-refractivity contribution in [1.82, 2.24) is 14.7 Å². The molecule has 6 nitrogen and oxygen atoms in total. The minimum Gasteiger partial charge on any atom is -0.490 e. The van der Waals surface area contributed by atoms with Gasteiger partial charge in [-0.2, -0.15) is 5.10 Å². The lowest BCUT2D eigenvalue weighted by molar-refractivity contribution is -0.0825. The van der Waals surface area contributed by atoms with Crippen LogP contribution in [0.5, 0.6) is 5.75 Å². The standard InChI is InChI=1S/C18H22FN3O3/c1-21-11-14(10-20-21)17(23)22-8-4-7-18(12-22,24-2)13-25-16-6-3-5-15(19)9-16/h3,5-6,9-11H,4,7-8,12-13H2,1-2H3. The van der Waals surface area contributed by atoms with Crippen LogP contribution >= 0.6 is 0 Å². The van der Waals surface area contributed by atoms with Crippen LogP contribution in [0.2, 0.25) is 0 Å². The molecule has 1 saturated heterocycles. The lowest BCUT2D eigenvalue weighted by Crippen LogP contribution is -2.54. The average Bonchev–Trinajstić information content (AvgIpc) is 3.06. The maximum Gasteiger partial charge on any atom is 0.257 e. The molecule has 1 aromatic carbocycles. The summed E-state index contributed by atoms with van der Waals surface area (Å²) in [5.74, 6) is 0.0353. The van der Waals surface area contributed by atoms with Crippen molar-refractivity contribution in [3.05, 3.63) is 48.0 Å². The van der Waals surface area contributed by atoms with Crippen LogP contribution < -0.4 is 4.74 Å². The number of rotatable bonds is 5. The summed E-state index contributed by atoms with van der Waals surface area (Å²) in [5.41, 5.74) is -0.0527. The number of halogens is 1. The number of carbonyl (C=O) groups excluding carboxylic acids is 1. The van der Waals surface area contributed by atoms with Crippen molar-refractivity contribution >= 4 is 5.91 Å². The van der Waals surface area contributed by atoms with Gasteiger partial charge in [-0.25, -0.2) is 4.39 Å². The minimum atomic E-state index is -0.609. The number of amides is 1. The molecule has 0 spiro atoms. The first-order valence-corrected chi connectivity index (χ1v) is 8.23. The zero-order valence-corrected chi connectivity index (χ0v) is 14.4. The fourth-order valence-corrected chi connectivity index (χ4v) is 3.10. The van der Waals surface area contributed by atoms with Gasteiger partial charge in [0, 0.05) is 33.0 Å². The van der Waals surface area contributed by atoms with Gasteiger partial charge in [-0.1, -0.05) is 6.07 Å². The summed E-state index contributed by atoms with van der Waals surface area (Å²) in [6.45, 7) is 1.34. The monoisotopic (exact) mass is 347 g/mol. The van der Waals surface area contributed by atoms with Crippen molar-refractivity contribution in [2.24, 2.45) is 7.05 Å². The van der Waals surface area contributed by atoms with E-state index in [1.807, 2.05) is 0 Å². The van der Waals surface area contributed by atoms with E-state index in [0.29, 0.717) is 24.4 Å². The third kappa shape index (κ3) is 3.99. The Balaban J connectivity index is 1.69. The Morgan fingerprint density at radius 3 is 2.96 bits per heavy atom. The van der Waals surface area contributed by atoms with Crippen LogP contribution in [0.4, 0.5) is 4.39 Å². The van der Waals surface area contributed by atoms with E-state index in [9.17, 15) is 9.18 Å². The van der Waals surface area contributed by atoms with E-state index in [2.05, 4.69) is 5.10 Å². The van der Waals surface area contributed by atoms with E-state index in [0.717, 1.165) is 12.8 Å². The van der Waals surface area contributed by atoms with Crippen LogP contribution in [0.15, 0.2) is 36.7 Å². The van der Waals surface area contributed by atoms with E-state index in [-0.39, 0.29) is 18.3 Å². The van der Waals surface area contributed by atoms with Gasteiger partial charge in [0.25, 0.3) is 5.91 Å². The molecule has 2 heterocycles. The van der Waals surface area contributed by atoms with Crippen molar-refractivity contribution in [2.45, 2.75) is 18.4 Å². The highest BCUT2D eigenvalue weighted by molar-refractivity contribution is 5.93. The molecule has 25 heavy (non-hydrogen) atoms. The number of aromatic nitrogens is 2. The second-order valence-electron chi connectivity index (χ2n) is 6.37. The molecule has 1 aliphatic heterocycles. The largest absolute Gasteiger partial charge is 0.490 e. The minimum absolute atomic E-state index is 0.0695. The molecule has 1 fully saturated rings. The van der Waals surface area contributed by atoms with E-state index in [1.54, 1.807) is 48.3 Å². The molecule has 1 amide bonds. The summed E-state index contributed by atoms with van der Waals surface area (Å²) in [7, 11) is 3.40. The summed E-state index contributed by atoms with van der Waals surface area (Å²) in [4.78, 5) is 14.4. The highest BCUT2D eigenvalue weighted by Crippen LogP contribution is 2.27. The lowest BCUT2D eigenvalue weighted by atomic mass is 9.93. The molecular weight excluding hydrogens is 325 g/mol. The summed E-state index contributed by atoms with van der Waals surface area (Å²) in [6, 6.07) is 6.01. The Kier molecular flexibility index (Phi) is 5.03. The van der Waals surface area contributed by atoms with Gasteiger partial charge in [-0.05, 0) is 25.0 Å². The lowest BCUT2D eigenvalue weighted by Gasteiger charge is -2.41. The number of carbonyl (C=O) groups is 1. The van der Waals surface area contributed by atoms with Crippen LogP contribution in [-0.4, -0.2) is 53.0 Å². The molecule has 1 unspecified atom stereocenters. The van der Waals surface area contributed by atoms with Crippen LogP contribution in [0.3, 0.4) is 0 Å². The summed E-state index contributed by atoms with van der Waals surface area (Å²) in [5, 5.41) is 4.05. The Bertz CT molecular complexity index is 749. The molecule has 3 rings (SSSR count). The van der Waals surface area contributed by atoms with Crippen molar-refractivity contribution in [3.8, 4) is 5.75 Å². The number of ether oxygens (including phenoxy) is 2. The van der Waals surface area contributed by atoms with Crippen molar-refractivity contribution in [3.63, 3.8) is 0 Å². The zero-order chi connectivity index (χ0) is 17.9. The van der Waals surface area contributed by atoms with Crippen LogP contribution in [0.25, 0.3) is 0 Å². The normalized spacial score (nSPS) is 20.5. The van der Waals surface area contributed by atoms with E-state index in [1.165, 1.54) is 12.1 Å². The summed E-state index contributed by atoms with van der Waals surface area (Å²) in [6.07, 6.45) is 4.85. The van der Waals surface area contributed by atoms with Gasteiger partial charge in [-0.3, -0.25) is 9.48 Å². The number of aryl methyl sites for hydroxylation is 1. The first-order valence-electron chi connectivity index (χ1n) is 8.23. The molecule has 1 aromatic heterocycles. The van der Waals surface area contributed by atoms with Crippen molar-refractivity contribution in [2.75, 3.05) is 26.8 Å². The Hall–Kier alpha value is -2.41. The predicted octanol–water partition coefficient (Wildman–Crippen LogP) is 2.26. The topological polar surface area (TPSA) is 56.6 Å². The number of hydrogen-bond donors (Lipinski definition) is 0. The van der Waals surface area contributed by atoms with Crippen molar-refractivity contribution in [1.29, 1.82) is 0 Å². The highest BCUT2D eigenvalue weighted by atomic mass is 19.1. The van der Waals surface area contributed by atoms with E-state index < -0.39 is 5.60 Å². The number of nitrogens with zero attached hydrogens (tertiary/aromatic N) is 3. The molecule has 1 aliphatic rings. The second-order valence-corrected chi connectivity index (χ2v) is 6.37. The molecule has 0 radical (unpaired) electrons. The predicted molar refractivity (Wildman–Crippen MR) is 90.0 cm³/mol. The molecule has 0 N–H and O–H groups in total. The highest BCUT2D eigenvalue weighted by Gasteiger charge is 2.38. The van der Waals surface area contributed by atoms with Gasteiger partial charge in [0.05, 0.1) is 18.3 Å². The van der Waals surface area contributed by atoms with Crippen LogP contribution in [0.1, 0.15) is 23.2 Å². The van der Waals surface area contributed by atoms with E-state index >= 15 is 0 Å². The first kappa shape index (κ1) is 17.4. The third-order valence-electron chi connectivity index (χ3n) is 4.51. The van der Waals surface area contributed by atoms with Gasteiger partial charge in [-0.15, -0.1) is 0 Å². The number of methoxy groups -OCH3 is 1. The fraction of sp³-hybridized carbons (Fsp3) is 0.444. The molecule has 0 bridgehead atoms. The number of piperidine rings is 1. The quantitative estimate of drug-likeness (QED) is 0.833.